The molecule has 0 bridgehead atoms. The lowest BCUT2D eigenvalue weighted by molar-refractivity contribution is 0.110. The van der Waals surface area contributed by atoms with Crippen molar-refractivity contribution in [2.75, 3.05) is 25.1 Å². The summed E-state index contributed by atoms with van der Waals surface area (Å²) in [5.74, 6) is 0.515. The molecule has 2 atom stereocenters. The van der Waals surface area contributed by atoms with Gasteiger partial charge in [-0.3, -0.25) is 4.79 Å². The van der Waals surface area contributed by atoms with E-state index in [9.17, 15) is 18.3 Å². The van der Waals surface area contributed by atoms with Crippen LogP contribution < -0.4 is 15.2 Å². The number of rotatable bonds is 5. The van der Waals surface area contributed by atoms with Gasteiger partial charge in [0.1, 0.15) is 12.4 Å². The molecule has 0 saturated heterocycles. The van der Waals surface area contributed by atoms with E-state index in [0.29, 0.717) is 36.3 Å². The normalized spacial score (nSPS) is 20.5. The fourth-order valence-corrected chi connectivity index (χ4v) is 6.60. The Balaban J connectivity index is 1.57. The van der Waals surface area contributed by atoms with Gasteiger partial charge in [0.05, 0.1) is 29.3 Å². The zero-order valence-corrected chi connectivity index (χ0v) is 20.1. The second-order valence-corrected chi connectivity index (χ2v) is 11.1. The van der Waals surface area contributed by atoms with Crippen LogP contribution in [-0.4, -0.2) is 55.2 Å². The number of pyridine rings is 1. The molecule has 1 saturated carbocycles. The minimum absolute atomic E-state index is 0.0912. The van der Waals surface area contributed by atoms with Crippen molar-refractivity contribution in [1.82, 2.24) is 9.29 Å². The number of nitrogens with one attached hydrogen (secondary N) is 1. The van der Waals surface area contributed by atoms with Gasteiger partial charge in [0.2, 0.25) is 10.0 Å². The van der Waals surface area contributed by atoms with Crippen molar-refractivity contribution in [3.8, 4) is 5.75 Å². The van der Waals surface area contributed by atoms with Crippen LogP contribution in [0.1, 0.15) is 30.4 Å². The molecule has 2 heterocycles. The summed E-state index contributed by atoms with van der Waals surface area (Å²) in [6, 6.07) is 11.7. The van der Waals surface area contributed by atoms with Crippen molar-refractivity contribution < 1.29 is 18.3 Å². The predicted octanol–water partition coefficient (Wildman–Crippen LogP) is 2.77. The molecule has 2 aromatic carbocycles. The van der Waals surface area contributed by atoms with Gasteiger partial charge >= 0.3 is 0 Å². The largest absolute Gasteiger partial charge is 0.490 e. The monoisotopic (exact) mass is 483 g/mol. The van der Waals surface area contributed by atoms with Crippen molar-refractivity contribution in [1.29, 1.82) is 0 Å². The number of benzene rings is 2. The van der Waals surface area contributed by atoms with Gasteiger partial charge in [-0.05, 0) is 61.4 Å². The Labute approximate surface area is 198 Å². The maximum Gasteiger partial charge on any atom is 0.252 e. The molecule has 1 aliphatic heterocycles. The van der Waals surface area contributed by atoms with E-state index >= 15 is 0 Å². The van der Waals surface area contributed by atoms with E-state index in [4.69, 9.17) is 4.74 Å². The average molecular weight is 484 g/mol. The third-order valence-electron chi connectivity index (χ3n) is 6.85. The van der Waals surface area contributed by atoms with E-state index in [1.165, 1.54) is 4.31 Å². The van der Waals surface area contributed by atoms with Gasteiger partial charge in [0.25, 0.3) is 5.56 Å². The number of hydrogen-bond acceptors (Lipinski definition) is 6. The summed E-state index contributed by atoms with van der Waals surface area (Å²) in [5, 5.41) is 11.5. The molecule has 0 amide bonds. The van der Waals surface area contributed by atoms with Crippen LogP contribution in [0.2, 0.25) is 0 Å². The molecule has 9 heteroatoms. The summed E-state index contributed by atoms with van der Waals surface area (Å²) in [6.45, 7) is 3.02. The van der Waals surface area contributed by atoms with Crippen LogP contribution in [0.3, 0.4) is 0 Å². The van der Waals surface area contributed by atoms with E-state index < -0.39 is 22.2 Å². The molecular formula is C25H29N3O5S. The van der Waals surface area contributed by atoms with Gasteiger partial charge in [0.15, 0.2) is 0 Å². The number of nitrogens with zero attached hydrogens (tertiary/aromatic N) is 2. The summed E-state index contributed by atoms with van der Waals surface area (Å²) in [7, 11) is -2.09. The molecule has 1 aromatic heterocycles. The van der Waals surface area contributed by atoms with E-state index in [1.807, 2.05) is 37.1 Å². The average Bonchev–Trinajstić information content (AvgIpc) is 3.22. The van der Waals surface area contributed by atoms with Crippen molar-refractivity contribution in [3.63, 3.8) is 0 Å². The number of H-pyrrole nitrogens is 1. The van der Waals surface area contributed by atoms with E-state index in [2.05, 4.69) is 4.98 Å². The first-order valence-electron chi connectivity index (χ1n) is 11.5. The smallest absolute Gasteiger partial charge is 0.252 e. The van der Waals surface area contributed by atoms with Gasteiger partial charge < -0.3 is 19.7 Å². The fourth-order valence-electron chi connectivity index (χ4n) is 4.92. The van der Waals surface area contributed by atoms with E-state index in [-0.39, 0.29) is 17.0 Å². The third kappa shape index (κ3) is 4.08. The molecule has 5 rings (SSSR count). The molecule has 8 nitrogen and oxygen atoms in total. The first-order valence-corrected chi connectivity index (χ1v) is 13.0. The Morgan fingerprint density at radius 2 is 2.00 bits per heavy atom. The highest BCUT2D eigenvalue weighted by atomic mass is 32.2. The zero-order chi connectivity index (χ0) is 24.0. The van der Waals surface area contributed by atoms with E-state index in [1.54, 1.807) is 24.3 Å². The SMILES string of the molecule is Cc1ccc2cc(CN([C@@H]3CCC[C@H]3O)S(=O)(=O)c3ccc4c(c3)OCCN4C)c(=O)[nH]c2c1. The number of aromatic amines is 1. The lowest BCUT2D eigenvalue weighted by Gasteiger charge is -2.31. The summed E-state index contributed by atoms with van der Waals surface area (Å²) in [5.41, 5.74) is 2.57. The molecule has 3 aromatic rings. The fraction of sp³-hybridized carbons (Fsp3) is 0.400. The first kappa shape index (κ1) is 22.9. The van der Waals surface area contributed by atoms with Gasteiger partial charge in [0, 0.05) is 30.7 Å². The number of hydrogen-bond donors (Lipinski definition) is 2. The van der Waals surface area contributed by atoms with Crippen LogP contribution in [0.5, 0.6) is 5.75 Å². The molecule has 0 spiro atoms. The minimum atomic E-state index is -4.02. The predicted molar refractivity (Wildman–Crippen MR) is 131 cm³/mol. The number of fused-ring (bicyclic) bond motifs is 2. The molecule has 1 fully saturated rings. The molecule has 2 N–H and O–H groups in total. The van der Waals surface area contributed by atoms with Crippen molar-refractivity contribution in [2.24, 2.45) is 0 Å². The zero-order valence-electron chi connectivity index (χ0n) is 19.3. The standard InChI is InChI=1S/C25H29N3O5S/c1-16-6-7-17-13-18(25(30)26-20(17)12-16)15-28(21-4-3-5-23(21)29)34(31,32)19-8-9-22-24(14-19)33-11-10-27(22)2/h6-9,12-14,21,23,29H,3-5,10-11,15H2,1-2H3,(H,26,30)/t21-,23-/m1/s1. The highest BCUT2D eigenvalue weighted by Crippen LogP contribution is 2.36. The van der Waals surface area contributed by atoms with Crippen LogP contribution in [0.25, 0.3) is 10.9 Å². The molecule has 0 unspecified atom stereocenters. The maximum atomic E-state index is 13.9. The molecule has 180 valence electrons. The summed E-state index contributed by atoms with van der Waals surface area (Å²) >= 11 is 0. The van der Waals surface area contributed by atoms with Gasteiger partial charge in [-0.1, -0.05) is 12.1 Å². The van der Waals surface area contributed by atoms with Crippen LogP contribution >= 0.6 is 0 Å². The number of likely N-dealkylation sites (N-methyl/N-ethyl adjacent to an activating group) is 1. The minimum Gasteiger partial charge on any atom is -0.490 e. The molecule has 34 heavy (non-hydrogen) atoms. The number of anilines is 1. The van der Waals surface area contributed by atoms with Crippen LogP contribution in [0.4, 0.5) is 5.69 Å². The van der Waals surface area contributed by atoms with Gasteiger partial charge in [-0.2, -0.15) is 4.31 Å². The maximum absolute atomic E-state index is 13.9. The van der Waals surface area contributed by atoms with Crippen molar-refractivity contribution >= 4 is 26.6 Å². The molecule has 1 aliphatic carbocycles. The lowest BCUT2D eigenvalue weighted by atomic mass is 10.1. The van der Waals surface area contributed by atoms with E-state index in [0.717, 1.165) is 29.6 Å². The highest BCUT2D eigenvalue weighted by Gasteiger charge is 2.39. The Hall–Kier alpha value is -2.88. The Bertz CT molecular complexity index is 1400. The summed E-state index contributed by atoms with van der Waals surface area (Å²) in [6.07, 6.45) is 1.01. The van der Waals surface area contributed by atoms with Crippen molar-refractivity contribution in [2.45, 2.75) is 49.8 Å². The molecule has 2 aliphatic rings. The van der Waals surface area contributed by atoms with Gasteiger partial charge in [-0.25, -0.2) is 8.42 Å². The number of aromatic nitrogens is 1. The number of aliphatic hydroxyl groups excluding tert-OH is 1. The molecule has 0 radical (unpaired) electrons. The number of aliphatic hydroxyl groups is 1. The van der Waals surface area contributed by atoms with Gasteiger partial charge in [-0.15, -0.1) is 0 Å². The molecular weight excluding hydrogens is 454 g/mol. The second kappa shape index (κ2) is 8.72. The number of aryl methyl sites for hydroxylation is 1. The summed E-state index contributed by atoms with van der Waals surface area (Å²) < 4.78 is 34.8. The number of ether oxygens (including phenoxy) is 1. The Morgan fingerprint density at radius 1 is 1.18 bits per heavy atom. The van der Waals surface area contributed by atoms with Crippen LogP contribution in [0.15, 0.2) is 52.2 Å². The Kier molecular flexibility index (Phi) is 5.87. The quantitative estimate of drug-likeness (QED) is 0.579. The highest BCUT2D eigenvalue weighted by molar-refractivity contribution is 7.89. The Morgan fingerprint density at radius 3 is 2.76 bits per heavy atom. The van der Waals surface area contributed by atoms with Crippen molar-refractivity contribution in [3.05, 3.63) is 63.9 Å². The first-order chi connectivity index (χ1) is 16.2. The summed E-state index contributed by atoms with van der Waals surface area (Å²) in [4.78, 5) is 17.9. The lowest BCUT2D eigenvalue weighted by Crippen LogP contribution is -2.44. The van der Waals surface area contributed by atoms with Crippen LogP contribution in [0, 0.1) is 6.92 Å². The number of sulfonamides is 1. The van der Waals surface area contributed by atoms with Crippen LogP contribution in [-0.2, 0) is 16.6 Å². The topological polar surface area (TPSA) is 103 Å². The second-order valence-electron chi connectivity index (χ2n) is 9.23. The third-order valence-corrected chi connectivity index (χ3v) is 8.72.